The molecule has 1 amide bonds. The summed E-state index contributed by atoms with van der Waals surface area (Å²) in [4.78, 5) is 21.0. The van der Waals surface area contributed by atoms with Crippen LogP contribution in [0.4, 0.5) is 0 Å². The van der Waals surface area contributed by atoms with Gasteiger partial charge in [-0.05, 0) is 25.8 Å². The first kappa shape index (κ1) is 15.6. The van der Waals surface area contributed by atoms with E-state index in [9.17, 15) is 4.79 Å². The average Bonchev–Trinajstić information content (AvgIpc) is 3.13. The molecule has 0 spiro atoms. The van der Waals surface area contributed by atoms with E-state index >= 15 is 0 Å². The van der Waals surface area contributed by atoms with Crippen LogP contribution in [0.2, 0.25) is 0 Å². The molecule has 0 radical (unpaired) electrons. The van der Waals surface area contributed by atoms with Crippen LogP contribution in [0.5, 0.6) is 0 Å². The van der Waals surface area contributed by atoms with Gasteiger partial charge in [-0.3, -0.25) is 4.79 Å². The molecule has 0 saturated heterocycles. The van der Waals surface area contributed by atoms with Gasteiger partial charge in [-0.25, -0.2) is 14.5 Å². The number of carbonyl (C=O) groups excluding carboxylic acids is 1. The van der Waals surface area contributed by atoms with Crippen molar-refractivity contribution in [1.29, 1.82) is 0 Å². The summed E-state index contributed by atoms with van der Waals surface area (Å²) in [6.45, 7) is 3.86. The van der Waals surface area contributed by atoms with Gasteiger partial charge in [-0.2, -0.15) is 5.10 Å². The van der Waals surface area contributed by atoms with E-state index in [-0.39, 0.29) is 18.6 Å². The van der Waals surface area contributed by atoms with Crippen molar-refractivity contribution in [2.45, 2.75) is 26.3 Å². The first-order valence-corrected chi connectivity index (χ1v) is 8.13. The van der Waals surface area contributed by atoms with Crippen LogP contribution >= 0.6 is 11.3 Å². The van der Waals surface area contributed by atoms with Gasteiger partial charge < -0.3 is 10.4 Å². The lowest BCUT2D eigenvalue weighted by atomic mass is 10.2. The first-order valence-electron chi connectivity index (χ1n) is 7.25. The molecule has 0 unspecified atom stereocenters. The van der Waals surface area contributed by atoms with Crippen LogP contribution < -0.4 is 5.32 Å². The first-order chi connectivity index (χ1) is 11.1. The number of aromatic nitrogens is 4. The topological polar surface area (TPSA) is 92.4 Å². The van der Waals surface area contributed by atoms with Crippen molar-refractivity contribution < 1.29 is 9.90 Å². The van der Waals surface area contributed by atoms with E-state index in [2.05, 4.69) is 20.4 Å². The Morgan fingerprint density at radius 3 is 3.04 bits per heavy atom. The van der Waals surface area contributed by atoms with Gasteiger partial charge in [0.15, 0.2) is 11.3 Å². The van der Waals surface area contributed by atoms with E-state index in [1.54, 1.807) is 23.0 Å². The van der Waals surface area contributed by atoms with E-state index in [1.807, 2.05) is 19.2 Å². The molecule has 23 heavy (non-hydrogen) atoms. The third kappa shape index (κ3) is 3.38. The molecule has 7 nitrogen and oxygen atoms in total. The molecule has 0 bridgehead atoms. The number of nitrogens with zero attached hydrogens (tertiary/aromatic N) is 4. The smallest absolute Gasteiger partial charge is 0.272 e. The van der Waals surface area contributed by atoms with Crippen molar-refractivity contribution in [1.82, 2.24) is 24.9 Å². The summed E-state index contributed by atoms with van der Waals surface area (Å²) < 4.78 is 1.55. The Labute approximate surface area is 137 Å². The maximum absolute atomic E-state index is 12.3. The highest BCUT2D eigenvalue weighted by molar-refractivity contribution is 7.09. The Balaban J connectivity index is 1.77. The fourth-order valence-corrected chi connectivity index (χ4v) is 2.99. The van der Waals surface area contributed by atoms with E-state index in [0.29, 0.717) is 17.8 Å². The third-order valence-electron chi connectivity index (χ3n) is 3.35. The van der Waals surface area contributed by atoms with Crippen molar-refractivity contribution >= 4 is 22.9 Å². The summed E-state index contributed by atoms with van der Waals surface area (Å²) in [5.41, 5.74) is 2.70. The van der Waals surface area contributed by atoms with Gasteiger partial charge in [0.05, 0.1) is 6.04 Å². The van der Waals surface area contributed by atoms with Crippen LogP contribution in [0.1, 0.15) is 39.7 Å². The van der Waals surface area contributed by atoms with Crippen LogP contribution in [0, 0.1) is 6.92 Å². The molecule has 3 heterocycles. The number of thiazole rings is 1. The third-order valence-corrected chi connectivity index (χ3v) is 4.50. The molecule has 3 aromatic heterocycles. The Kier molecular flexibility index (Phi) is 4.35. The summed E-state index contributed by atoms with van der Waals surface area (Å²) >= 11 is 1.52. The monoisotopic (exact) mass is 331 g/mol. The zero-order valence-corrected chi connectivity index (χ0v) is 13.7. The summed E-state index contributed by atoms with van der Waals surface area (Å²) in [7, 11) is 0. The number of amides is 1. The Morgan fingerprint density at radius 1 is 1.52 bits per heavy atom. The molecular formula is C15H17N5O2S. The van der Waals surface area contributed by atoms with Crippen LogP contribution in [0.25, 0.3) is 5.65 Å². The number of nitrogens with one attached hydrogen (secondary N) is 1. The second-order valence-electron chi connectivity index (χ2n) is 5.29. The largest absolute Gasteiger partial charge is 0.396 e. The van der Waals surface area contributed by atoms with Gasteiger partial charge in [0.25, 0.3) is 5.91 Å². The Morgan fingerprint density at radius 2 is 2.35 bits per heavy atom. The molecule has 2 N–H and O–H groups in total. The fourth-order valence-electron chi connectivity index (χ4n) is 2.19. The second-order valence-corrected chi connectivity index (χ2v) is 6.18. The summed E-state index contributed by atoms with van der Waals surface area (Å²) in [6, 6.07) is 1.46. The number of carbonyl (C=O) groups is 1. The number of hydrogen-bond donors (Lipinski definition) is 2. The zero-order chi connectivity index (χ0) is 16.4. The van der Waals surface area contributed by atoms with Gasteiger partial charge in [-0.1, -0.05) is 0 Å². The van der Waals surface area contributed by atoms with Crippen molar-refractivity contribution in [3.63, 3.8) is 0 Å². The lowest BCUT2D eigenvalue weighted by molar-refractivity contribution is 0.0934. The number of aliphatic hydroxyl groups excluding tert-OH is 1. The molecule has 0 aliphatic carbocycles. The highest BCUT2D eigenvalue weighted by Gasteiger charge is 2.17. The van der Waals surface area contributed by atoms with Crippen LogP contribution in [0.15, 0.2) is 23.8 Å². The maximum Gasteiger partial charge on any atom is 0.272 e. The highest BCUT2D eigenvalue weighted by atomic mass is 32.1. The quantitative estimate of drug-likeness (QED) is 0.739. The van der Waals surface area contributed by atoms with E-state index < -0.39 is 0 Å². The SMILES string of the molecule is Cc1csc([C@@H](C)NC(=O)c2cc3ncc(CCO)cn3n2)n1. The zero-order valence-electron chi connectivity index (χ0n) is 12.9. The van der Waals surface area contributed by atoms with Crippen LogP contribution in [-0.2, 0) is 6.42 Å². The fraction of sp³-hybridized carbons (Fsp3) is 0.333. The minimum absolute atomic E-state index is 0.0482. The number of hydrogen-bond acceptors (Lipinski definition) is 6. The van der Waals surface area contributed by atoms with Crippen molar-refractivity contribution in [2.24, 2.45) is 0 Å². The normalized spacial score (nSPS) is 12.5. The van der Waals surface area contributed by atoms with Gasteiger partial charge >= 0.3 is 0 Å². The second kappa shape index (κ2) is 6.43. The summed E-state index contributed by atoms with van der Waals surface area (Å²) in [5.74, 6) is -0.264. The van der Waals surface area contributed by atoms with E-state index in [1.165, 1.54) is 11.3 Å². The average molecular weight is 331 g/mol. The molecule has 0 saturated carbocycles. The standard InChI is InChI=1S/C15H17N5O2S/c1-9-8-23-15(17-9)10(2)18-14(22)12-5-13-16-6-11(3-4-21)7-20(13)19-12/h5-8,10,21H,3-4H2,1-2H3,(H,18,22)/t10-/m1/s1. The molecule has 3 rings (SSSR count). The predicted octanol–water partition coefficient (Wildman–Crippen LogP) is 1.52. The number of fused-ring (bicyclic) bond motifs is 1. The molecule has 3 aromatic rings. The minimum atomic E-state index is -0.264. The lowest BCUT2D eigenvalue weighted by Gasteiger charge is -2.09. The molecule has 120 valence electrons. The highest BCUT2D eigenvalue weighted by Crippen LogP contribution is 2.18. The van der Waals surface area contributed by atoms with Crippen LogP contribution in [0.3, 0.4) is 0 Å². The van der Waals surface area contributed by atoms with Gasteiger partial charge in [0, 0.05) is 36.1 Å². The summed E-state index contributed by atoms with van der Waals surface area (Å²) in [6.07, 6.45) is 3.95. The maximum atomic E-state index is 12.3. The van der Waals surface area contributed by atoms with Gasteiger partial charge in [0.1, 0.15) is 5.01 Å². The van der Waals surface area contributed by atoms with Gasteiger partial charge in [-0.15, -0.1) is 11.3 Å². The number of aliphatic hydroxyl groups is 1. The van der Waals surface area contributed by atoms with E-state index in [0.717, 1.165) is 16.3 Å². The molecule has 0 fully saturated rings. The minimum Gasteiger partial charge on any atom is -0.396 e. The molecule has 1 atom stereocenters. The van der Waals surface area contributed by atoms with E-state index in [4.69, 9.17) is 5.11 Å². The van der Waals surface area contributed by atoms with Crippen molar-refractivity contribution in [3.8, 4) is 0 Å². The molecule has 0 aliphatic rings. The van der Waals surface area contributed by atoms with Crippen molar-refractivity contribution in [2.75, 3.05) is 6.61 Å². The predicted molar refractivity (Wildman–Crippen MR) is 86.5 cm³/mol. The Hall–Kier alpha value is -2.32. The number of rotatable bonds is 5. The molecule has 8 heteroatoms. The van der Waals surface area contributed by atoms with Crippen molar-refractivity contribution in [3.05, 3.63) is 45.8 Å². The van der Waals surface area contributed by atoms with Gasteiger partial charge in [0.2, 0.25) is 0 Å². The molecule has 0 aromatic carbocycles. The summed E-state index contributed by atoms with van der Waals surface area (Å²) in [5, 5.41) is 18.9. The number of aryl methyl sites for hydroxylation is 1. The molecular weight excluding hydrogens is 314 g/mol. The molecule has 0 aliphatic heterocycles. The lowest BCUT2D eigenvalue weighted by Crippen LogP contribution is -2.27. The Bertz CT molecular complexity index is 841. The van der Waals surface area contributed by atoms with Crippen LogP contribution in [-0.4, -0.2) is 37.2 Å².